The van der Waals surface area contributed by atoms with Crippen molar-refractivity contribution in [3.05, 3.63) is 33.6 Å². The van der Waals surface area contributed by atoms with Gasteiger partial charge in [0.15, 0.2) is 0 Å². The summed E-state index contributed by atoms with van der Waals surface area (Å²) in [4.78, 5) is 20.7. The van der Waals surface area contributed by atoms with E-state index in [-0.39, 0.29) is 11.3 Å². The molecule has 0 aromatic heterocycles. The zero-order chi connectivity index (χ0) is 13.0. The lowest BCUT2D eigenvalue weighted by Crippen LogP contribution is -2.17. The minimum atomic E-state index is -1.14. The van der Waals surface area contributed by atoms with E-state index in [1.807, 2.05) is 0 Å². The van der Waals surface area contributed by atoms with Gasteiger partial charge in [-0.15, -0.1) is 0 Å². The Hall–Kier alpha value is -2.18. The van der Waals surface area contributed by atoms with Crippen molar-refractivity contribution in [2.75, 3.05) is 0 Å². The van der Waals surface area contributed by atoms with Crippen molar-refractivity contribution in [2.45, 2.75) is 19.8 Å². The molecule has 0 atom stereocenters. The number of rotatable bonds is 4. The first-order chi connectivity index (χ1) is 7.95. The van der Waals surface area contributed by atoms with Crippen molar-refractivity contribution in [3.63, 3.8) is 0 Å². The molecule has 0 spiro atoms. The number of ether oxygens (including phenoxy) is 1. The second kappa shape index (κ2) is 5.24. The Balaban J connectivity index is 3.34. The van der Waals surface area contributed by atoms with Crippen molar-refractivity contribution in [1.29, 1.82) is 0 Å². The maximum atomic E-state index is 13.1. The topological polar surface area (TPSA) is 95.5 Å². The molecule has 1 aromatic rings. The van der Waals surface area contributed by atoms with E-state index >= 15 is 0 Å². The summed E-state index contributed by atoms with van der Waals surface area (Å²) in [6, 6.07) is 1.70. The summed E-state index contributed by atoms with van der Waals surface area (Å²) in [5, 5.41) is 10.8. The van der Waals surface area contributed by atoms with E-state index in [9.17, 15) is 19.3 Å². The fourth-order valence-electron chi connectivity index (χ4n) is 1.46. The predicted octanol–water partition coefficient (Wildman–Crippen LogP) is 2.14. The smallest absolute Gasteiger partial charge is 0.409 e. The molecule has 0 saturated heterocycles. The molecule has 0 heterocycles. The van der Waals surface area contributed by atoms with Crippen LogP contribution in [0.15, 0.2) is 12.1 Å². The van der Waals surface area contributed by atoms with Crippen LogP contribution in [0.25, 0.3) is 0 Å². The van der Waals surface area contributed by atoms with Crippen molar-refractivity contribution in [2.24, 2.45) is 5.73 Å². The van der Waals surface area contributed by atoms with Gasteiger partial charge in [-0.2, -0.15) is 0 Å². The van der Waals surface area contributed by atoms with Gasteiger partial charge < -0.3 is 10.5 Å². The van der Waals surface area contributed by atoms with Crippen LogP contribution in [-0.4, -0.2) is 11.0 Å². The minimum Gasteiger partial charge on any atom is -0.410 e. The van der Waals surface area contributed by atoms with Crippen molar-refractivity contribution in [3.8, 4) is 5.75 Å². The molecule has 0 fully saturated rings. The Morgan fingerprint density at radius 1 is 1.59 bits per heavy atom. The maximum absolute atomic E-state index is 13.1. The molecule has 92 valence electrons. The van der Waals surface area contributed by atoms with Gasteiger partial charge in [0.25, 0.3) is 5.69 Å². The van der Waals surface area contributed by atoms with Crippen LogP contribution in [0.5, 0.6) is 5.75 Å². The molecule has 0 aliphatic heterocycles. The third kappa shape index (κ3) is 3.13. The van der Waals surface area contributed by atoms with Gasteiger partial charge in [-0.05, 0) is 6.42 Å². The SMILES string of the molecule is CCCc1c(OC(N)=O)cc(F)cc1[N+](=O)[O-]. The lowest BCUT2D eigenvalue weighted by atomic mass is 10.1. The third-order valence-electron chi connectivity index (χ3n) is 2.06. The summed E-state index contributed by atoms with van der Waals surface area (Å²) in [6.07, 6.45) is -0.261. The van der Waals surface area contributed by atoms with Crippen LogP contribution in [0.3, 0.4) is 0 Å². The third-order valence-corrected chi connectivity index (χ3v) is 2.06. The van der Waals surface area contributed by atoms with Gasteiger partial charge in [0.1, 0.15) is 11.6 Å². The van der Waals surface area contributed by atoms with Crippen LogP contribution in [0, 0.1) is 15.9 Å². The molecule has 0 aliphatic carbocycles. The molecule has 1 rings (SSSR count). The molecule has 1 amide bonds. The number of hydrogen-bond acceptors (Lipinski definition) is 4. The summed E-state index contributed by atoms with van der Waals surface area (Å²) in [5.74, 6) is -1.06. The van der Waals surface area contributed by atoms with Crippen LogP contribution in [-0.2, 0) is 6.42 Å². The van der Waals surface area contributed by atoms with Crippen LogP contribution in [0.1, 0.15) is 18.9 Å². The second-order valence-electron chi connectivity index (χ2n) is 3.33. The quantitative estimate of drug-likeness (QED) is 0.646. The number of carbonyl (C=O) groups is 1. The highest BCUT2D eigenvalue weighted by molar-refractivity contribution is 5.69. The van der Waals surface area contributed by atoms with Gasteiger partial charge in [-0.3, -0.25) is 10.1 Å². The lowest BCUT2D eigenvalue weighted by molar-refractivity contribution is -0.385. The molecular weight excluding hydrogens is 231 g/mol. The van der Waals surface area contributed by atoms with E-state index in [1.165, 1.54) is 0 Å². The molecule has 6 nitrogen and oxygen atoms in total. The van der Waals surface area contributed by atoms with Gasteiger partial charge in [0.2, 0.25) is 0 Å². The predicted molar refractivity (Wildman–Crippen MR) is 57.3 cm³/mol. The first-order valence-corrected chi connectivity index (χ1v) is 4.89. The van der Waals surface area contributed by atoms with Gasteiger partial charge in [-0.25, -0.2) is 9.18 Å². The molecule has 1 aromatic carbocycles. The number of benzene rings is 1. The molecule has 0 bridgehead atoms. The number of halogens is 1. The number of nitrogens with zero attached hydrogens (tertiary/aromatic N) is 1. The van der Waals surface area contributed by atoms with E-state index in [4.69, 9.17) is 5.73 Å². The van der Waals surface area contributed by atoms with Crippen LogP contribution in [0.4, 0.5) is 14.9 Å². The van der Waals surface area contributed by atoms with Crippen LogP contribution in [0.2, 0.25) is 0 Å². The average molecular weight is 242 g/mol. The molecule has 0 unspecified atom stereocenters. The molecule has 7 heteroatoms. The standard InChI is InChI=1S/C10H11FN2O4/c1-2-3-7-8(13(15)16)4-6(11)5-9(7)17-10(12)14/h4-5H,2-3H2,1H3,(H2,12,14). The largest absolute Gasteiger partial charge is 0.410 e. The number of nitro groups is 1. The van der Waals surface area contributed by atoms with Gasteiger partial charge >= 0.3 is 6.09 Å². The molecule has 17 heavy (non-hydrogen) atoms. The van der Waals surface area contributed by atoms with Gasteiger partial charge in [0.05, 0.1) is 16.6 Å². The number of primary amides is 1. The molecule has 0 saturated carbocycles. The number of amides is 1. The zero-order valence-electron chi connectivity index (χ0n) is 9.10. The zero-order valence-corrected chi connectivity index (χ0v) is 9.10. The average Bonchev–Trinajstić information content (AvgIpc) is 2.20. The monoisotopic (exact) mass is 242 g/mol. The van der Waals surface area contributed by atoms with E-state index in [1.54, 1.807) is 6.92 Å². The number of nitro benzene ring substituents is 1. The maximum Gasteiger partial charge on any atom is 0.409 e. The summed E-state index contributed by atoms with van der Waals surface area (Å²) in [7, 11) is 0. The first kappa shape index (κ1) is 12.9. The lowest BCUT2D eigenvalue weighted by Gasteiger charge is -2.08. The number of nitrogens with two attached hydrogens (primary N) is 1. The van der Waals surface area contributed by atoms with Gasteiger partial charge in [-0.1, -0.05) is 13.3 Å². The van der Waals surface area contributed by atoms with Crippen LogP contribution < -0.4 is 10.5 Å². The molecule has 0 aliphatic rings. The number of carbonyl (C=O) groups excluding carboxylic acids is 1. The highest BCUT2D eigenvalue weighted by atomic mass is 19.1. The van der Waals surface area contributed by atoms with E-state index < -0.39 is 22.5 Å². The Morgan fingerprint density at radius 3 is 2.71 bits per heavy atom. The summed E-state index contributed by atoms with van der Waals surface area (Å²) in [6.45, 7) is 1.79. The summed E-state index contributed by atoms with van der Waals surface area (Å²) < 4.78 is 17.7. The second-order valence-corrected chi connectivity index (χ2v) is 3.33. The molecule has 0 radical (unpaired) electrons. The summed E-state index contributed by atoms with van der Waals surface area (Å²) in [5.41, 5.74) is 4.56. The summed E-state index contributed by atoms with van der Waals surface area (Å²) >= 11 is 0. The number of hydrogen-bond donors (Lipinski definition) is 1. The Labute approximate surface area is 96.3 Å². The van der Waals surface area contributed by atoms with Crippen molar-refractivity contribution >= 4 is 11.8 Å². The minimum absolute atomic E-state index is 0.165. The normalized spacial score (nSPS) is 10.0. The first-order valence-electron chi connectivity index (χ1n) is 4.89. The fourth-order valence-corrected chi connectivity index (χ4v) is 1.46. The van der Waals surface area contributed by atoms with E-state index in [0.717, 1.165) is 12.1 Å². The highest BCUT2D eigenvalue weighted by Gasteiger charge is 2.21. The molecule has 2 N–H and O–H groups in total. The highest BCUT2D eigenvalue weighted by Crippen LogP contribution is 2.31. The van der Waals surface area contributed by atoms with Crippen molar-refractivity contribution in [1.82, 2.24) is 0 Å². The van der Waals surface area contributed by atoms with Gasteiger partial charge in [0, 0.05) is 6.07 Å². The van der Waals surface area contributed by atoms with Crippen molar-refractivity contribution < 1.29 is 18.8 Å². The van der Waals surface area contributed by atoms with E-state index in [0.29, 0.717) is 12.8 Å². The Morgan fingerprint density at radius 2 is 2.24 bits per heavy atom. The van der Waals surface area contributed by atoms with E-state index in [2.05, 4.69) is 4.74 Å². The Kier molecular flexibility index (Phi) is 3.97. The van der Waals surface area contributed by atoms with Crippen LogP contribution >= 0.6 is 0 Å². The molecular formula is C10H11FN2O4. The Bertz CT molecular complexity index is 462. The fraction of sp³-hybridized carbons (Fsp3) is 0.300.